The predicted octanol–water partition coefficient (Wildman–Crippen LogP) is 2.94. The van der Waals surface area contributed by atoms with Crippen molar-refractivity contribution < 1.29 is 26.7 Å². The third kappa shape index (κ3) is 4.47. The second kappa shape index (κ2) is 8.05. The van der Waals surface area contributed by atoms with Crippen LogP contribution in [0.3, 0.4) is 0 Å². The summed E-state index contributed by atoms with van der Waals surface area (Å²) in [6, 6.07) is 4.69. The molecular weight excluding hydrogens is 429 g/mol. The highest BCUT2D eigenvalue weighted by molar-refractivity contribution is 5.44. The number of benzene rings is 1. The molecule has 162 valence electrons. The summed E-state index contributed by atoms with van der Waals surface area (Å²) >= 11 is 0. The third-order valence-corrected chi connectivity index (χ3v) is 4.24. The van der Waals surface area contributed by atoms with Crippen LogP contribution >= 0.6 is 0 Å². The molecule has 0 saturated heterocycles. The predicted molar refractivity (Wildman–Crippen MR) is 94.8 cm³/mol. The van der Waals surface area contributed by atoms with Crippen LogP contribution in [0.25, 0.3) is 0 Å². The summed E-state index contributed by atoms with van der Waals surface area (Å²) in [7, 11) is 1.34. The summed E-state index contributed by atoms with van der Waals surface area (Å²) in [6.45, 7) is -0.372. The van der Waals surface area contributed by atoms with Crippen molar-refractivity contribution in [3.05, 3.63) is 73.8 Å². The number of nitriles is 1. The first-order valence-corrected chi connectivity index (χ1v) is 8.43. The molecule has 0 bridgehead atoms. The van der Waals surface area contributed by atoms with Gasteiger partial charge in [-0.3, -0.25) is 9.36 Å². The average Bonchev–Trinajstić information content (AvgIpc) is 3.01. The van der Waals surface area contributed by atoms with Gasteiger partial charge in [0.1, 0.15) is 11.3 Å². The van der Waals surface area contributed by atoms with Crippen molar-refractivity contribution in [2.45, 2.75) is 19.1 Å². The Labute approximate surface area is 169 Å². The van der Waals surface area contributed by atoms with E-state index in [4.69, 9.17) is 10.00 Å². The summed E-state index contributed by atoms with van der Waals surface area (Å²) in [5.74, 6) is -1.67. The van der Waals surface area contributed by atoms with Crippen LogP contribution in [-0.4, -0.2) is 19.3 Å². The molecule has 1 N–H and O–H groups in total. The number of alkyl halides is 5. The van der Waals surface area contributed by atoms with Gasteiger partial charge in [-0.05, 0) is 24.3 Å². The highest BCUT2D eigenvalue weighted by Crippen LogP contribution is 2.37. The number of halogens is 5. The van der Waals surface area contributed by atoms with E-state index in [0.717, 1.165) is 33.5 Å². The topological polar surface area (TPSA) is 106 Å². The SMILES string of the molecule is Cn1c(Cn2ccc(C(F)(F)F)c(Oc3cc(C#N)cc(C(F)F)c3)c2=O)n[nH]c1=O. The number of rotatable bonds is 5. The summed E-state index contributed by atoms with van der Waals surface area (Å²) in [5, 5.41) is 14.8. The Balaban J connectivity index is 2.13. The number of H-pyrrole nitrogens is 1. The normalized spacial score (nSPS) is 11.5. The summed E-state index contributed by atoms with van der Waals surface area (Å²) in [5.41, 5.74) is -4.23. The highest BCUT2D eigenvalue weighted by atomic mass is 19.4. The summed E-state index contributed by atoms with van der Waals surface area (Å²) in [4.78, 5) is 24.2. The standard InChI is InChI=1S/C18H12F5N5O3/c1-27-13(25-26-17(27)30)8-28-3-2-12(18(21,22)23)14(16(28)29)31-11-5-9(7-24)4-10(6-11)15(19)20/h2-6,15H,8H2,1H3,(H,26,30). The van der Waals surface area contributed by atoms with Crippen molar-refractivity contribution in [1.82, 2.24) is 19.3 Å². The number of aromatic amines is 1. The number of ether oxygens (including phenoxy) is 1. The number of nitrogens with one attached hydrogen (secondary N) is 1. The van der Waals surface area contributed by atoms with Gasteiger partial charge >= 0.3 is 11.9 Å². The monoisotopic (exact) mass is 441 g/mol. The Bertz CT molecular complexity index is 1280. The number of hydrogen-bond donors (Lipinski definition) is 1. The maximum absolute atomic E-state index is 13.4. The van der Waals surface area contributed by atoms with Gasteiger partial charge in [-0.15, -0.1) is 0 Å². The van der Waals surface area contributed by atoms with E-state index in [1.165, 1.54) is 7.05 Å². The van der Waals surface area contributed by atoms with Crippen molar-refractivity contribution in [2.24, 2.45) is 7.05 Å². The zero-order chi connectivity index (χ0) is 22.9. The number of aromatic nitrogens is 4. The van der Waals surface area contributed by atoms with Crippen molar-refractivity contribution in [1.29, 1.82) is 5.26 Å². The Kier molecular flexibility index (Phi) is 5.65. The first-order valence-electron chi connectivity index (χ1n) is 8.43. The van der Waals surface area contributed by atoms with Crippen LogP contribution in [0.1, 0.15) is 28.9 Å². The lowest BCUT2D eigenvalue weighted by atomic mass is 10.1. The highest BCUT2D eigenvalue weighted by Gasteiger charge is 2.36. The summed E-state index contributed by atoms with van der Waals surface area (Å²) in [6.07, 6.45) is -7.18. The van der Waals surface area contributed by atoms with Gasteiger partial charge in [0.15, 0.2) is 5.82 Å². The second-order valence-electron chi connectivity index (χ2n) is 6.30. The maximum atomic E-state index is 13.4. The smallest absolute Gasteiger partial charge is 0.420 e. The van der Waals surface area contributed by atoms with Crippen LogP contribution < -0.4 is 16.0 Å². The third-order valence-electron chi connectivity index (χ3n) is 4.24. The van der Waals surface area contributed by atoms with E-state index in [2.05, 4.69) is 10.2 Å². The van der Waals surface area contributed by atoms with Gasteiger partial charge in [-0.1, -0.05) is 0 Å². The lowest BCUT2D eigenvalue weighted by Crippen LogP contribution is -2.26. The van der Waals surface area contributed by atoms with E-state index in [9.17, 15) is 31.5 Å². The molecule has 2 aromatic heterocycles. The van der Waals surface area contributed by atoms with E-state index in [-0.39, 0.29) is 17.9 Å². The molecule has 3 aromatic rings. The van der Waals surface area contributed by atoms with Crippen LogP contribution in [0.5, 0.6) is 11.5 Å². The minimum absolute atomic E-state index is 0.0456. The molecule has 3 rings (SSSR count). The van der Waals surface area contributed by atoms with Crippen LogP contribution in [0.2, 0.25) is 0 Å². The van der Waals surface area contributed by atoms with Gasteiger partial charge in [0, 0.05) is 18.8 Å². The molecule has 0 amide bonds. The summed E-state index contributed by atoms with van der Waals surface area (Å²) < 4.78 is 73.4. The Morgan fingerprint density at radius 1 is 1.26 bits per heavy atom. The quantitative estimate of drug-likeness (QED) is 0.613. The fraction of sp³-hybridized carbons (Fsp3) is 0.222. The molecule has 0 radical (unpaired) electrons. The van der Waals surface area contributed by atoms with Crippen molar-refractivity contribution >= 4 is 0 Å². The maximum Gasteiger partial charge on any atom is 0.420 e. The molecule has 1 aromatic carbocycles. The van der Waals surface area contributed by atoms with Crippen LogP contribution in [0.4, 0.5) is 22.0 Å². The van der Waals surface area contributed by atoms with Crippen LogP contribution in [0.15, 0.2) is 40.1 Å². The Hall–Kier alpha value is -3.95. The minimum atomic E-state index is -4.99. The van der Waals surface area contributed by atoms with Crippen molar-refractivity contribution in [3.8, 4) is 17.6 Å². The van der Waals surface area contributed by atoms with Crippen molar-refractivity contribution in [2.75, 3.05) is 0 Å². The lowest BCUT2D eigenvalue weighted by molar-refractivity contribution is -0.138. The molecule has 2 heterocycles. The largest absolute Gasteiger partial charge is 0.451 e. The number of pyridine rings is 1. The molecular formula is C18H12F5N5O3. The molecule has 0 unspecified atom stereocenters. The zero-order valence-electron chi connectivity index (χ0n) is 15.6. The van der Waals surface area contributed by atoms with E-state index >= 15 is 0 Å². The van der Waals surface area contributed by atoms with E-state index in [0.29, 0.717) is 6.07 Å². The molecule has 0 spiro atoms. The number of nitrogens with zero attached hydrogens (tertiary/aromatic N) is 4. The van der Waals surface area contributed by atoms with Gasteiger partial charge in [-0.25, -0.2) is 18.7 Å². The minimum Gasteiger partial charge on any atom is -0.451 e. The lowest BCUT2D eigenvalue weighted by Gasteiger charge is -2.16. The molecule has 0 aliphatic rings. The zero-order valence-corrected chi connectivity index (χ0v) is 15.6. The van der Waals surface area contributed by atoms with E-state index in [1.54, 1.807) is 6.07 Å². The van der Waals surface area contributed by atoms with Gasteiger partial charge in [0.05, 0.1) is 18.2 Å². The second-order valence-corrected chi connectivity index (χ2v) is 6.30. The number of hydrogen-bond acceptors (Lipinski definition) is 5. The first-order chi connectivity index (χ1) is 14.5. The van der Waals surface area contributed by atoms with Crippen molar-refractivity contribution in [3.63, 3.8) is 0 Å². The molecule has 31 heavy (non-hydrogen) atoms. The molecule has 0 atom stereocenters. The van der Waals surface area contributed by atoms with E-state index < -0.39 is 46.5 Å². The fourth-order valence-electron chi connectivity index (χ4n) is 2.66. The van der Waals surface area contributed by atoms with Gasteiger partial charge in [0.2, 0.25) is 5.75 Å². The molecule has 8 nitrogen and oxygen atoms in total. The molecule has 13 heteroatoms. The van der Waals surface area contributed by atoms with Crippen LogP contribution in [0, 0.1) is 11.3 Å². The molecule has 0 saturated carbocycles. The fourth-order valence-corrected chi connectivity index (χ4v) is 2.66. The van der Waals surface area contributed by atoms with Gasteiger partial charge in [0.25, 0.3) is 12.0 Å². The molecule has 0 fully saturated rings. The van der Waals surface area contributed by atoms with Gasteiger partial charge < -0.3 is 9.30 Å². The average molecular weight is 441 g/mol. The Morgan fingerprint density at radius 2 is 1.97 bits per heavy atom. The van der Waals surface area contributed by atoms with Crippen LogP contribution in [-0.2, 0) is 19.8 Å². The van der Waals surface area contributed by atoms with E-state index in [1.807, 2.05) is 0 Å². The first kappa shape index (κ1) is 21.8. The molecule has 0 aliphatic heterocycles. The molecule has 0 aliphatic carbocycles. The Morgan fingerprint density at radius 3 is 2.52 bits per heavy atom. The van der Waals surface area contributed by atoms with Gasteiger partial charge in [-0.2, -0.15) is 23.5 Å².